The monoisotopic (exact) mass is 355 g/mol. The van der Waals surface area contributed by atoms with Crippen LogP contribution in [0.1, 0.15) is 39.7 Å². The van der Waals surface area contributed by atoms with Gasteiger partial charge in [0.1, 0.15) is 10.6 Å². The Balaban J connectivity index is 3.23. The largest absolute Gasteiger partial charge is 0.598 e. The van der Waals surface area contributed by atoms with Gasteiger partial charge in [-0.1, -0.05) is 18.2 Å². The van der Waals surface area contributed by atoms with Crippen molar-refractivity contribution in [3.63, 3.8) is 0 Å². The van der Waals surface area contributed by atoms with Crippen LogP contribution in [0.25, 0.3) is 0 Å². The van der Waals surface area contributed by atoms with Gasteiger partial charge in [-0.15, -0.1) is 4.72 Å². The zero-order valence-corrected chi connectivity index (χ0v) is 14.2. The van der Waals surface area contributed by atoms with Crippen LogP contribution in [-0.4, -0.2) is 26.7 Å². The summed E-state index contributed by atoms with van der Waals surface area (Å²) in [5, 5.41) is 9.40. The minimum absolute atomic E-state index is 0.0825. The fourth-order valence-corrected chi connectivity index (χ4v) is 2.88. The number of hydrogen-bond donors (Lipinski definition) is 2. The maximum absolute atomic E-state index is 14.1. The van der Waals surface area contributed by atoms with E-state index < -0.39 is 46.2 Å². The minimum Gasteiger partial charge on any atom is -0.598 e. The second-order valence-corrected chi connectivity index (χ2v) is 8.52. The zero-order valence-electron chi connectivity index (χ0n) is 13.4. The molecule has 0 aliphatic carbocycles. The number of aliphatic hydroxyl groups excluding tert-OH is 1. The molecule has 1 rings (SSSR count). The quantitative estimate of drug-likeness (QED) is 0.629. The predicted octanol–water partition coefficient (Wildman–Crippen LogP) is 3.41. The van der Waals surface area contributed by atoms with Crippen molar-refractivity contribution >= 4 is 11.4 Å². The average molecular weight is 355 g/mol. The number of hydrogen-bond acceptors (Lipinski definition) is 3. The summed E-state index contributed by atoms with van der Waals surface area (Å²) in [6.07, 6.45) is -8.38. The van der Waals surface area contributed by atoms with E-state index in [0.29, 0.717) is 0 Å². The fourth-order valence-electron chi connectivity index (χ4n) is 1.98. The highest BCUT2D eigenvalue weighted by Crippen LogP contribution is 2.35. The van der Waals surface area contributed by atoms with Gasteiger partial charge in [0.25, 0.3) is 0 Å². The van der Waals surface area contributed by atoms with Crippen LogP contribution in [-0.2, 0) is 16.9 Å². The number of benzene rings is 1. The van der Waals surface area contributed by atoms with E-state index in [1.165, 1.54) is 25.1 Å². The number of alkyl halides is 3. The first-order valence-electron chi connectivity index (χ1n) is 6.97. The van der Waals surface area contributed by atoms with Crippen LogP contribution < -0.4 is 4.72 Å². The Hall–Kier alpha value is -0.830. The third-order valence-corrected chi connectivity index (χ3v) is 5.07. The lowest BCUT2D eigenvalue weighted by Crippen LogP contribution is -2.52. The molecule has 0 radical (unpaired) electrons. The minimum atomic E-state index is -4.85. The van der Waals surface area contributed by atoms with Gasteiger partial charge in [-0.3, -0.25) is 0 Å². The van der Waals surface area contributed by atoms with Crippen molar-refractivity contribution in [2.24, 2.45) is 0 Å². The molecule has 3 nitrogen and oxygen atoms in total. The molecule has 0 spiro atoms. The van der Waals surface area contributed by atoms with Crippen LogP contribution in [0.2, 0.25) is 0 Å². The van der Waals surface area contributed by atoms with Crippen molar-refractivity contribution in [1.82, 2.24) is 4.72 Å². The van der Waals surface area contributed by atoms with E-state index in [4.69, 9.17) is 0 Å². The summed E-state index contributed by atoms with van der Waals surface area (Å²) in [5.41, 5.74) is -1.74. The smallest absolute Gasteiger partial charge is 0.414 e. The number of halogens is 4. The van der Waals surface area contributed by atoms with Crippen molar-refractivity contribution in [2.45, 2.75) is 56.7 Å². The van der Waals surface area contributed by atoms with Gasteiger partial charge in [0.2, 0.25) is 0 Å². The molecule has 2 N–H and O–H groups in total. The van der Waals surface area contributed by atoms with Gasteiger partial charge in [-0.2, -0.15) is 13.2 Å². The first-order valence-corrected chi connectivity index (χ1v) is 8.12. The Bertz CT molecular complexity index is 509. The SMILES string of the molecule is CC(C)(C)[S@+]([O-])N[C@@](C)(C[C@H](O)C(F)(F)F)c1ccccc1F. The van der Waals surface area contributed by atoms with Gasteiger partial charge in [-0.05, 0) is 33.8 Å². The van der Waals surface area contributed by atoms with Crippen molar-refractivity contribution < 1.29 is 27.2 Å². The van der Waals surface area contributed by atoms with Gasteiger partial charge < -0.3 is 9.66 Å². The fraction of sp³-hybridized carbons (Fsp3) is 0.600. The molecule has 0 amide bonds. The molecule has 3 atom stereocenters. The zero-order chi connectivity index (χ0) is 18.1. The van der Waals surface area contributed by atoms with Crippen LogP contribution in [0.4, 0.5) is 17.6 Å². The Morgan fingerprint density at radius 1 is 1.17 bits per heavy atom. The molecular weight excluding hydrogens is 334 g/mol. The van der Waals surface area contributed by atoms with Gasteiger partial charge in [0, 0.05) is 23.3 Å². The lowest BCUT2D eigenvalue weighted by atomic mass is 9.87. The maximum atomic E-state index is 14.1. The molecule has 1 aromatic carbocycles. The van der Waals surface area contributed by atoms with Crippen molar-refractivity contribution in [3.8, 4) is 0 Å². The van der Waals surface area contributed by atoms with Crippen molar-refractivity contribution in [1.29, 1.82) is 0 Å². The summed E-state index contributed by atoms with van der Waals surface area (Å²) in [5.74, 6) is -0.734. The van der Waals surface area contributed by atoms with Crippen molar-refractivity contribution in [3.05, 3.63) is 35.6 Å². The molecule has 0 unspecified atom stereocenters. The molecule has 0 saturated carbocycles. The number of aliphatic hydroxyl groups is 1. The van der Waals surface area contributed by atoms with E-state index in [0.717, 1.165) is 6.07 Å². The standard InChI is InChI=1S/C15H21F4NO2S/c1-13(2,3)23(22)20-14(4,9-12(21)15(17,18)19)10-7-5-6-8-11(10)16/h5-8,12,20-21H,9H2,1-4H3/t12-,14-,23-/m0/s1. The van der Waals surface area contributed by atoms with E-state index in [1.807, 2.05) is 0 Å². The number of rotatable bonds is 5. The third-order valence-electron chi connectivity index (χ3n) is 3.32. The Morgan fingerprint density at radius 3 is 2.13 bits per heavy atom. The highest BCUT2D eigenvalue weighted by atomic mass is 32.2. The Labute approximate surface area is 136 Å². The van der Waals surface area contributed by atoms with E-state index in [2.05, 4.69) is 4.72 Å². The lowest BCUT2D eigenvalue weighted by Gasteiger charge is -2.36. The molecule has 0 saturated heterocycles. The van der Waals surface area contributed by atoms with E-state index in [-0.39, 0.29) is 5.56 Å². The van der Waals surface area contributed by atoms with E-state index >= 15 is 0 Å². The molecule has 8 heteroatoms. The molecule has 0 aliphatic rings. The second-order valence-electron chi connectivity index (χ2n) is 6.56. The normalized spacial score (nSPS) is 18.3. The molecule has 132 valence electrons. The highest BCUT2D eigenvalue weighted by Gasteiger charge is 2.47. The summed E-state index contributed by atoms with van der Waals surface area (Å²) >= 11 is -1.75. The van der Waals surface area contributed by atoms with E-state index in [1.54, 1.807) is 20.8 Å². The average Bonchev–Trinajstić information content (AvgIpc) is 2.36. The predicted molar refractivity (Wildman–Crippen MR) is 81.5 cm³/mol. The van der Waals surface area contributed by atoms with Crippen LogP contribution in [0, 0.1) is 5.82 Å². The maximum Gasteiger partial charge on any atom is 0.414 e. The van der Waals surface area contributed by atoms with Crippen molar-refractivity contribution in [2.75, 3.05) is 0 Å². The third kappa shape index (κ3) is 5.34. The molecule has 1 aromatic rings. The summed E-state index contributed by atoms with van der Waals surface area (Å²) in [7, 11) is 0. The Morgan fingerprint density at radius 2 is 1.70 bits per heavy atom. The highest BCUT2D eigenvalue weighted by molar-refractivity contribution is 7.90. The number of nitrogens with one attached hydrogen (secondary N) is 1. The molecule has 0 bridgehead atoms. The van der Waals surface area contributed by atoms with Gasteiger partial charge in [0.15, 0.2) is 6.10 Å². The van der Waals surface area contributed by atoms with E-state index in [9.17, 15) is 27.2 Å². The summed E-state index contributed by atoms with van der Waals surface area (Å²) in [4.78, 5) is 0. The summed E-state index contributed by atoms with van der Waals surface area (Å²) in [6.45, 7) is 6.21. The van der Waals surface area contributed by atoms with Gasteiger partial charge in [0.05, 0.1) is 5.54 Å². The lowest BCUT2D eigenvalue weighted by molar-refractivity contribution is -0.209. The molecule has 0 aromatic heterocycles. The first-order chi connectivity index (χ1) is 10.3. The van der Waals surface area contributed by atoms with Gasteiger partial charge >= 0.3 is 6.18 Å². The molecular formula is C15H21F4NO2S. The van der Waals surface area contributed by atoms with Crippen LogP contribution in [0.5, 0.6) is 0 Å². The Kier molecular flexibility index (Phi) is 6.12. The van der Waals surface area contributed by atoms with Crippen LogP contribution in [0.3, 0.4) is 0 Å². The topological polar surface area (TPSA) is 55.3 Å². The van der Waals surface area contributed by atoms with Crippen LogP contribution >= 0.6 is 0 Å². The second kappa shape index (κ2) is 6.96. The first kappa shape index (κ1) is 20.2. The molecule has 0 aliphatic heterocycles. The summed E-state index contributed by atoms with van der Waals surface area (Å²) in [6, 6.07) is 5.29. The molecule has 0 fully saturated rings. The summed E-state index contributed by atoms with van der Waals surface area (Å²) < 4.78 is 66.3. The van der Waals surface area contributed by atoms with Crippen LogP contribution in [0.15, 0.2) is 24.3 Å². The molecule has 0 heterocycles. The molecule has 23 heavy (non-hydrogen) atoms. The van der Waals surface area contributed by atoms with Gasteiger partial charge in [-0.25, -0.2) is 4.39 Å².